The molecule has 0 fully saturated rings. The number of amides is 1. The quantitative estimate of drug-likeness (QED) is 0.738. The van der Waals surface area contributed by atoms with Gasteiger partial charge >= 0.3 is 0 Å². The summed E-state index contributed by atoms with van der Waals surface area (Å²) < 4.78 is 1.24. The molecule has 3 rings (SSSR count). The number of aryl methyl sites for hydroxylation is 2. The fourth-order valence-corrected chi connectivity index (χ4v) is 2.45. The second-order valence-electron chi connectivity index (χ2n) is 5.67. The molecule has 3 aromatic rings. The van der Waals surface area contributed by atoms with Crippen LogP contribution in [0.2, 0.25) is 0 Å². The number of hydrogen-bond donors (Lipinski definition) is 0. The second-order valence-corrected chi connectivity index (χ2v) is 5.67. The SMILES string of the molecule is Cc1ccc(N(C)C(=O)CCn2nnc3ccccc3c2=O)cc1. The van der Waals surface area contributed by atoms with Gasteiger partial charge in [0.1, 0.15) is 5.52 Å². The summed E-state index contributed by atoms with van der Waals surface area (Å²) in [6.45, 7) is 2.20. The monoisotopic (exact) mass is 322 g/mol. The Hall–Kier alpha value is -3.02. The van der Waals surface area contributed by atoms with Crippen molar-refractivity contribution in [1.82, 2.24) is 15.0 Å². The lowest BCUT2D eigenvalue weighted by molar-refractivity contribution is -0.118. The van der Waals surface area contributed by atoms with E-state index in [-0.39, 0.29) is 24.4 Å². The molecule has 0 spiro atoms. The molecule has 0 saturated carbocycles. The van der Waals surface area contributed by atoms with Gasteiger partial charge in [0, 0.05) is 19.2 Å². The molecule has 1 heterocycles. The Bertz CT molecular complexity index is 932. The third-order valence-electron chi connectivity index (χ3n) is 3.96. The molecule has 0 atom stereocenters. The maximum Gasteiger partial charge on any atom is 0.277 e. The first-order valence-corrected chi connectivity index (χ1v) is 7.72. The number of aromatic nitrogens is 3. The van der Waals surface area contributed by atoms with Crippen molar-refractivity contribution >= 4 is 22.5 Å². The van der Waals surface area contributed by atoms with Crippen molar-refractivity contribution in [2.24, 2.45) is 0 Å². The number of fused-ring (bicyclic) bond motifs is 1. The first-order valence-electron chi connectivity index (χ1n) is 7.72. The van der Waals surface area contributed by atoms with Crippen LogP contribution in [0.25, 0.3) is 10.9 Å². The summed E-state index contributed by atoms with van der Waals surface area (Å²) in [5, 5.41) is 8.43. The number of carbonyl (C=O) groups is 1. The lowest BCUT2D eigenvalue weighted by atomic mass is 10.2. The van der Waals surface area contributed by atoms with E-state index in [2.05, 4.69) is 10.3 Å². The number of benzene rings is 2. The van der Waals surface area contributed by atoms with Crippen LogP contribution in [0.4, 0.5) is 5.69 Å². The van der Waals surface area contributed by atoms with Crippen molar-refractivity contribution in [1.29, 1.82) is 0 Å². The zero-order valence-corrected chi connectivity index (χ0v) is 13.6. The summed E-state index contributed by atoms with van der Waals surface area (Å²) in [6, 6.07) is 14.8. The van der Waals surface area contributed by atoms with Crippen LogP contribution in [-0.4, -0.2) is 27.9 Å². The van der Waals surface area contributed by atoms with Crippen LogP contribution in [0, 0.1) is 6.92 Å². The summed E-state index contributed by atoms with van der Waals surface area (Å²) >= 11 is 0. The van der Waals surface area contributed by atoms with Crippen molar-refractivity contribution < 1.29 is 4.79 Å². The van der Waals surface area contributed by atoms with Crippen LogP contribution < -0.4 is 10.5 Å². The molecule has 0 saturated heterocycles. The van der Waals surface area contributed by atoms with E-state index < -0.39 is 0 Å². The maximum atomic E-state index is 12.4. The molecule has 0 aliphatic heterocycles. The highest BCUT2D eigenvalue weighted by Crippen LogP contribution is 2.14. The molecule has 0 N–H and O–H groups in total. The van der Waals surface area contributed by atoms with Crippen LogP contribution in [-0.2, 0) is 11.3 Å². The molecule has 0 aliphatic carbocycles. The van der Waals surface area contributed by atoms with Crippen molar-refractivity contribution in [2.75, 3.05) is 11.9 Å². The highest BCUT2D eigenvalue weighted by Gasteiger charge is 2.12. The average molecular weight is 322 g/mol. The molecule has 6 nitrogen and oxygen atoms in total. The molecular weight excluding hydrogens is 304 g/mol. The van der Waals surface area contributed by atoms with Gasteiger partial charge in [-0.25, -0.2) is 4.68 Å². The van der Waals surface area contributed by atoms with Crippen LogP contribution in [0.5, 0.6) is 0 Å². The van der Waals surface area contributed by atoms with E-state index in [9.17, 15) is 9.59 Å². The molecule has 2 aromatic carbocycles. The Balaban J connectivity index is 1.73. The highest BCUT2D eigenvalue weighted by atomic mass is 16.2. The summed E-state index contributed by atoms with van der Waals surface area (Å²) in [5.74, 6) is -0.0827. The fourth-order valence-electron chi connectivity index (χ4n) is 2.45. The topological polar surface area (TPSA) is 68.1 Å². The molecule has 0 unspecified atom stereocenters. The van der Waals surface area contributed by atoms with Gasteiger partial charge in [-0.05, 0) is 31.2 Å². The minimum absolute atomic E-state index is 0.0827. The molecular formula is C18H18N4O2. The van der Waals surface area contributed by atoms with Crippen LogP contribution >= 0.6 is 0 Å². The molecule has 0 aliphatic rings. The van der Waals surface area contributed by atoms with E-state index in [0.717, 1.165) is 11.3 Å². The van der Waals surface area contributed by atoms with Gasteiger partial charge in [-0.2, -0.15) is 0 Å². The molecule has 6 heteroatoms. The lowest BCUT2D eigenvalue weighted by Crippen LogP contribution is -2.30. The minimum atomic E-state index is -0.230. The van der Waals surface area contributed by atoms with E-state index in [1.807, 2.05) is 31.2 Å². The van der Waals surface area contributed by atoms with Gasteiger partial charge in [0.15, 0.2) is 0 Å². The number of nitrogens with zero attached hydrogens (tertiary/aromatic N) is 4. The van der Waals surface area contributed by atoms with Crippen molar-refractivity contribution in [3.8, 4) is 0 Å². The lowest BCUT2D eigenvalue weighted by Gasteiger charge is -2.17. The summed E-state index contributed by atoms with van der Waals surface area (Å²) in [6.07, 6.45) is 0.178. The fraction of sp³-hybridized carbons (Fsp3) is 0.222. The Labute approximate surface area is 139 Å². The second kappa shape index (κ2) is 6.62. The van der Waals surface area contributed by atoms with Gasteiger partial charge in [-0.1, -0.05) is 35.0 Å². The smallest absolute Gasteiger partial charge is 0.277 e. The van der Waals surface area contributed by atoms with Gasteiger partial charge in [-0.3, -0.25) is 9.59 Å². The van der Waals surface area contributed by atoms with E-state index in [1.165, 1.54) is 4.68 Å². The van der Waals surface area contributed by atoms with E-state index in [1.54, 1.807) is 36.2 Å². The normalized spacial score (nSPS) is 10.8. The van der Waals surface area contributed by atoms with E-state index in [0.29, 0.717) is 10.9 Å². The summed E-state index contributed by atoms with van der Waals surface area (Å²) in [4.78, 5) is 26.3. The third kappa shape index (κ3) is 3.17. The Kier molecular flexibility index (Phi) is 4.37. The first-order chi connectivity index (χ1) is 11.6. The van der Waals surface area contributed by atoms with Crippen molar-refractivity contribution in [3.63, 3.8) is 0 Å². The average Bonchev–Trinajstić information content (AvgIpc) is 2.61. The number of carbonyl (C=O) groups excluding carboxylic acids is 1. The summed E-state index contributed by atoms with van der Waals surface area (Å²) in [7, 11) is 1.72. The number of hydrogen-bond acceptors (Lipinski definition) is 4. The molecule has 0 bridgehead atoms. The van der Waals surface area contributed by atoms with Crippen molar-refractivity contribution in [3.05, 3.63) is 64.4 Å². The predicted octanol–water partition coefficient (Wildman–Crippen LogP) is 2.15. The van der Waals surface area contributed by atoms with Crippen LogP contribution in [0.3, 0.4) is 0 Å². The number of anilines is 1. The molecule has 1 aromatic heterocycles. The van der Waals surface area contributed by atoms with Crippen molar-refractivity contribution in [2.45, 2.75) is 19.9 Å². The highest BCUT2D eigenvalue weighted by molar-refractivity contribution is 5.92. The zero-order chi connectivity index (χ0) is 17.1. The number of rotatable bonds is 4. The van der Waals surface area contributed by atoms with Gasteiger partial charge in [0.05, 0.1) is 11.9 Å². The molecule has 24 heavy (non-hydrogen) atoms. The third-order valence-corrected chi connectivity index (χ3v) is 3.96. The zero-order valence-electron chi connectivity index (χ0n) is 13.6. The Morgan fingerprint density at radius 1 is 1.12 bits per heavy atom. The van der Waals surface area contributed by atoms with Gasteiger partial charge < -0.3 is 4.90 Å². The Morgan fingerprint density at radius 3 is 2.58 bits per heavy atom. The van der Waals surface area contributed by atoms with Crippen LogP contribution in [0.1, 0.15) is 12.0 Å². The Morgan fingerprint density at radius 2 is 1.83 bits per heavy atom. The first kappa shape index (κ1) is 15.9. The van der Waals surface area contributed by atoms with E-state index >= 15 is 0 Å². The van der Waals surface area contributed by atoms with Gasteiger partial charge in [0.2, 0.25) is 5.91 Å². The van der Waals surface area contributed by atoms with Gasteiger partial charge in [0.25, 0.3) is 5.56 Å². The standard InChI is InChI=1S/C18H18N4O2/c1-13-7-9-14(10-8-13)21(2)17(23)11-12-22-18(24)15-5-3-4-6-16(15)19-20-22/h3-10H,11-12H2,1-2H3. The van der Waals surface area contributed by atoms with Gasteiger partial charge in [-0.15, -0.1) is 5.10 Å². The largest absolute Gasteiger partial charge is 0.315 e. The van der Waals surface area contributed by atoms with E-state index in [4.69, 9.17) is 0 Å². The summed E-state index contributed by atoms with van der Waals surface area (Å²) in [5.41, 5.74) is 2.29. The minimum Gasteiger partial charge on any atom is -0.315 e. The van der Waals surface area contributed by atoms with Crippen LogP contribution in [0.15, 0.2) is 53.3 Å². The molecule has 1 amide bonds. The molecule has 122 valence electrons. The molecule has 0 radical (unpaired) electrons. The predicted molar refractivity (Wildman–Crippen MR) is 93.0 cm³/mol. The maximum absolute atomic E-state index is 12.4.